The number of carbonyl (C=O) groups is 1. The molecule has 0 radical (unpaired) electrons. The van der Waals surface area contributed by atoms with E-state index in [1.807, 2.05) is 13.8 Å². The highest BCUT2D eigenvalue weighted by atomic mass is 32.2. The summed E-state index contributed by atoms with van der Waals surface area (Å²) >= 11 is 0. The Bertz CT molecular complexity index is 588. The number of halogens is 1. The summed E-state index contributed by atoms with van der Waals surface area (Å²) in [6.45, 7) is 4.45. The van der Waals surface area contributed by atoms with E-state index >= 15 is 0 Å². The molecule has 0 aromatic heterocycles. The first-order valence-electron chi connectivity index (χ1n) is 6.70. The average Bonchev–Trinajstić information content (AvgIpc) is 2.35. The third-order valence-electron chi connectivity index (χ3n) is 2.75. The van der Waals surface area contributed by atoms with Gasteiger partial charge in [-0.3, -0.25) is 9.10 Å². The van der Waals surface area contributed by atoms with Gasteiger partial charge in [0.15, 0.2) is 0 Å². The van der Waals surface area contributed by atoms with E-state index in [9.17, 15) is 17.6 Å². The van der Waals surface area contributed by atoms with E-state index in [0.717, 1.165) is 16.6 Å². The maximum absolute atomic E-state index is 13.2. The maximum Gasteiger partial charge on any atom is 0.232 e. The Hall–Kier alpha value is -1.63. The van der Waals surface area contributed by atoms with Crippen molar-refractivity contribution in [3.05, 3.63) is 30.1 Å². The minimum absolute atomic E-state index is 0.0216. The van der Waals surface area contributed by atoms with Gasteiger partial charge in [0, 0.05) is 19.5 Å². The van der Waals surface area contributed by atoms with Gasteiger partial charge in [-0.25, -0.2) is 12.8 Å². The zero-order valence-electron chi connectivity index (χ0n) is 12.5. The lowest BCUT2D eigenvalue weighted by atomic mass is 10.2. The van der Waals surface area contributed by atoms with Crippen LogP contribution in [0.3, 0.4) is 0 Å². The molecule has 0 saturated heterocycles. The molecule has 118 valence electrons. The van der Waals surface area contributed by atoms with Gasteiger partial charge in [-0.1, -0.05) is 19.9 Å². The van der Waals surface area contributed by atoms with Gasteiger partial charge in [0.1, 0.15) is 5.82 Å². The number of rotatable bonds is 7. The summed E-state index contributed by atoms with van der Waals surface area (Å²) in [5, 5.41) is 2.72. The van der Waals surface area contributed by atoms with Gasteiger partial charge < -0.3 is 5.32 Å². The molecule has 0 aliphatic carbocycles. The van der Waals surface area contributed by atoms with Crippen molar-refractivity contribution in [2.24, 2.45) is 5.92 Å². The minimum atomic E-state index is -3.58. The van der Waals surface area contributed by atoms with Crippen LogP contribution in [0.2, 0.25) is 0 Å². The predicted molar refractivity (Wildman–Crippen MR) is 81.1 cm³/mol. The summed E-state index contributed by atoms with van der Waals surface area (Å²) in [6.07, 6.45) is 1.06. The molecule has 21 heavy (non-hydrogen) atoms. The van der Waals surface area contributed by atoms with E-state index < -0.39 is 15.8 Å². The summed E-state index contributed by atoms with van der Waals surface area (Å²) in [7, 11) is -3.58. The topological polar surface area (TPSA) is 66.5 Å². The molecule has 5 nitrogen and oxygen atoms in total. The molecule has 7 heteroatoms. The molecule has 0 spiro atoms. The van der Waals surface area contributed by atoms with Gasteiger partial charge in [0.05, 0.1) is 11.9 Å². The van der Waals surface area contributed by atoms with Gasteiger partial charge in [-0.05, 0) is 24.1 Å². The first-order valence-corrected chi connectivity index (χ1v) is 8.55. The minimum Gasteiger partial charge on any atom is -0.356 e. The quantitative estimate of drug-likeness (QED) is 0.833. The van der Waals surface area contributed by atoms with Crippen molar-refractivity contribution in [2.45, 2.75) is 20.3 Å². The Kier molecular flexibility index (Phi) is 6.14. The zero-order valence-corrected chi connectivity index (χ0v) is 13.3. The van der Waals surface area contributed by atoms with Crippen LogP contribution in [0.1, 0.15) is 20.3 Å². The molecule has 1 aromatic rings. The van der Waals surface area contributed by atoms with Crippen molar-refractivity contribution in [2.75, 3.05) is 23.7 Å². The van der Waals surface area contributed by atoms with Crippen molar-refractivity contribution in [3.8, 4) is 0 Å². The number of nitrogens with zero attached hydrogens (tertiary/aromatic N) is 1. The number of hydrogen-bond donors (Lipinski definition) is 1. The second-order valence-electron chi connectivity index (χ2n) is 5.26. The van der Waals surface area contributed by atoms with Gasteiger partial charge in [-0.2, -0.15) is 0 Å². The maximum atomic E-state index is 13.2. The number of anilines is 1. The Labute approximate surface area is 125 Å². The molecule has 0 saturated carbocycles. The fourth-order valence-corrected chi connectivity index (χ4v) is 2.65. The molecule has 0 aliphatic rings. The van der Waals surface area contributed by atoms with Crippen LogP contribution in [0.4, 0.5) is 10.1 Å². The molecular formula is C14H21FN2O3S. The molecule has 0 atom stereocenters. The van der Waals surface area contributed by atoms with Gasteiger partial charge in [0.25, 0.3) is 0 Å². The lowest BCUT2D eigenvalue weighted by Gasteiger charge is -2.22. The SMILES string of the molecule is CC(C)CNC(=O)CCN(c1cccc(F)c1)S(C)(=O)=O. The summed E-state index contributed by atoms with van der Waals surface area (Å²) in [5.74, 6) is -0.428. The summed E-state index contributed by atoms with van der Waals surface area (Å²) in [4.78, 5) is 11.7. The molecule has 1 rings (SSSR count). The first-order chi connectivity index (χ1) is 9.70. The zero-order chi connectivity index (χ0) is 16.0. The Morgan fingerprint density at radius 1 is 1.38 bits per heavy atom. The molecule has 0 bridgehead atoms. The second kappa shape index (κ2) is 7.40. The van der Waals surface area contributed by atoms with Crippen molar-refractivity contribution >= 4 is 21.6 Å². The molecule has 1 amide bonds. The third-order valence-corrected chi connectivity index (χ3v) is 3.94. The lowest BCUT2D eigenvalue weighted by Crippen LogP contribution is -2.35. The van der Waals surface area contributed by atoms with Crippen LogP contribution in [0.25, 0.3) is 0 Å². The van der Waals surface area contributed by atoms with E-state index in [2.05, 4.69) is 5.32 Å². The largest absolute Gasteiger partial charge is 0.356 e. The standard InChI is InChI=1S/C14H21FN2O3S/c1-11(2)10-16-14(18)7-8-17(21(3,19)20)13-6-4-5-12(15)9-13/h4-6,9,11H,7-8,10H2,1-3H3,(H,16,18). The van der Waals surface area contributed by atoms with Crippen LogP contribution in [-0.4, -0.2) is 33.7 Å². The summed E-state index contributed by atoms with van der Waals surface area (Å²) < 4.78 is 37.8. The van der Waals surface area contributed by atoms with Gasteiger partial charge >= 0.3 is 0 Å². The molecular weight excluding hydrogens is 295 g/mol. The molecule has 0 fully saturated rings. The highest BCUT2D eigenvalue weighted by Gasteiger charge is 2.19. The number of nitrogens with one attached hydrogen (secondary N) is 1. The normalized spacial score (nSPS) is 11.5. The summed E-state index contributed by atoms with van der Waals surface area (Å²) in [5.41, 5.74) is 0.217. The highest BCUT2D eigenvalue weighted by molar-refractivity contribution is 7.92. The lowest BCUT2D eigenvalue weighted by molar-refractivity contribution is -0.121. The number of sulfonamides is 1. The Balaban J connectivity index is 2.75. The molecule has 0 heterocycles. The number of benzene rings is 1. The van der Waals surface area contributed by atoms with Crippen LogP contribution >= 0.6 is 0 Å². The van der Waals surface area contributed by atoms with E-state index in [4.69, 9.17) is 0 Å². The monoisotopic (exact) mass is 316 g/mol. The third kappa shape index (κ3) is 6.12. The van der Waals surface area contributed by atoms with E-state index in [0.29, 0.717) is 12.5 Å². The number of amides is 1. The van der Waals surface area contributed by atoms with Crippen LogP contribution < -0.4 is 9.62 Å². The van der Waals surface area contributed by atoms with E-state index in [1.54, 1.807) is 0 Å². The van der Waals surface area contributed by atoms with Crippen molar-refractivity contribution in [3.63, 3.8) is 0 Å². The number of hydrogen-bond acceptors (Lipinski definition) is 3. The number of carbonyl (C=O) groups excluding carboxylic acids is 1. The second-order valence-corrected chi connectivity index (χ2v) is 7.17. The predicted octanol–water partition coefficient (Wildman–Crippen LogP) is 1.75. The van der Waals surface area contributed by atoms with Crippen LogP contribution in [0, 0.1) is 11.7 Å². The fraction of sp³-hybridized carbons (Fsp3) is 0.500. The van der Waals surface area contributed by atoms with Gasteiger partial charge in [-0.15, -0.1) is 0 Å². The highest BCUT2D eigenvalue weighted by Crippen LogP contribution is 2.18. The van der Waals surface area contributed by atoms with Crippen molar-refractivity contribution < 1.29 is 17.6 Å². The van der Waals surface area contributed by atoms with Crippen LogP contribution in [0.15, 0.2) is 24.3 Å². The van der Waals surface area contributed by atoms with Crippen LogP contribution in [-0.2, 0) is 14.8 Å². The van der Waals surface area contributed by atoms with Crippen molar-refractivity contribution in [1.82, 2.24) is 5.32 Å². The average molecular weight is 316 g/mol. The van der Waals surface area contributed by atoms with E-state index in [1.165, 1.54) is 18.2 Å². The van der Waals surface area contributed by atoms with Crippen LogP contribution in [0.5, 0.6) is 0 Å². The molecule has 1 aromatic carbocycles. The molecule has 1 N–H and O–H groups in total. The molecule has 0 unspecified atom stereocenters. The van der Waals surface area contributed by atoms with Crippen molar-refractivity contribution in [1.29, 1.82) is 0 Å². The van der Waals surface area contributed by atoms with Gasteiger partial charge in [0.2, 0.25) is 15.9 Å². The Morgan fingerprint density at radius 2 is 2.05 bits per heavy atom. The van der Waals surface area contributed by atoms with E-state index in [-0.39, 0.29) is 24.6 Å². The Morgan fingerprint density at radius 3 is 2.57 bits per heavy atom. The first kappa shape index (κ1) is 17.4. The fourth-order valence-electron chi connectivity index (χ4n) is 1.73. The summed E-state index contributed by atoms with van der Waals surface area (Å²) in [6, 6.07) is 5.30. The smallest absolute Gasteiger partial charge is 0.232 e. The molecule has 0 aliphatic heterocycles.